The molecule has 0 saturated heterocycles. The molecule has 0 rings (SSSR count). The molecular weight excluding hydrogens is 150 g/mol. The molecule has 0 aliphatic carbocycles. The summed E-state index contributed by atoms with van der Waals surface area (Å²) in [4.78, 5) is 0. The van der Waals surface area contributed by atoms with E-state index >= 15 is 0 Å². The number of nitrogens with two attached hydrogens (primary N) is 1. The summed E-state index contributed by atoms with van der Waals surface area (Å²) in [7, 11) is 0. The Morgan fingerprint density at radius 3 is 2.67 bits per heavy atom. The zero-order valence-electron chi connectivity index (χ0n) is 8.00. The van der Waals surface area contributed by atoms with Gasteiger partial charge in [-0.25, -0.2) is 0 Å². The second-order valence-electron chi connectivity index (χ2n) is 3.12. The average molecular weight is 171 g/mol. The van der Waals surface area contributed by atoms with Gasteiger partial charge < -0.3 is 10.8 Å². The molecule has 0 aromatic heterocycles. The average Bonchev–Trinajstić information content (AvgIpc) is 2.10. The van der Waals surface area contributed by atoms with Gasteiger partial charge in [0.05, 0.1) is 6.61 Å². The lowest BCUT2D eigenvalue weighted by Gasteiger charge is -1.99. The number of rotatable bonds is 7. The van der Waals surface area contributed by atoms with Crippen LogP contribution in [0.2, 0.25) is 0 Å². The zero-order valence-corrected chi connectivity index (χ0v) is 8.00. The Labute approximate surface area is 75.5 Å². The fraction of sp³-hybridized carbons (Fsp3) is 0.800. The highest BCUT2D eigenvalue weighted by molar-refractivity contribution is 4.90. The van der Waals surface area contributed by atoms with E-state index in [2.05, 4.69) is 13.0 Å². The molecule has 2 nitrogen and oxygen atoms in total. The number of hydrogen-bond donors (Lipinski definition) is 2. The monoisotopic (exact) mass is 171 g/mol. The first-order valence-corrected chi connectivity index (χ1v) is 4.84. The molecule has 0 aromatic carbocycles. The lowest BCUT2D eigenvalue weighted by atomic mass is 10.1. The van der Waals surface area contributed by atoms with Crippen LogP contribution in [0.1, 0.15) is 39.0 Å². The van der Waals surface area contributed by atoms with Crippen LogP contribution < -0.4 is 5.73 Å². The fourth-order valence-electron chi connectivity index (χ4n) is 1.02. The van der Waals surface area contributed by atoms with Crippen LogP contribution in [0.4, 0.5) is 0 Å². The van der Waals surface area contributed by atoms with Crippen LogP contribution in [0, 0.1) is 0 Å². The molecule has 1 unspecified atom stereocenters. The molecule has 0 fully saturated rings. The maximum Gasteiger partial charge on any atom is 0.0618 e. The minimum absolute atomic E-state index is 0.0471. The minimum atomic E-state index is -0.170. The molecule has 12 heavy (non-hydrogen) atoms. The van der Waals surface area contributed by atoms with E-state index in [4.69, 9.17) is 10.8 Å². The summed E-state index contributed by atoms with van der Waals surface area (Å²) in [6, 6.07) is -0.170. The van der Waals surface area contributed by atoms with E-state index in [1.165, 1.54) is 25.7 Å². The van der Waals surface area contributed by atoms with Gasteiger partial charge in [0.25, 0.3) is 0 Å². The van der Waals surface area contributed by atoms with Gasteiger partial charge in [-0.1, -0.05) is 38.3 Å². The van der Waals surface area contributed by atoms with Crippen molar-refractivity contribution in [3.8, 4) is 0 Å². The molecule has 0 radical (unpaired) electrons. The predicted molar refractivity (Wildman–Crippen MR) is 53.0 cm³/mol. The molecule has 72 valence electrons. The van der Waals surface area contributed by atoms with Crippen molar-refractivity contribution < 1.29 is 5.11 Å². The van der Waals surface area contributed by atoms with Crippen LogP contribution >= 0.6 is 0 Å². The molecule has 2 heteroatoms. The van der Waals surface area contributed by atoms with E-state index in [1.54, 1.807) is 0 Å². The first-order chi connectivity index (χ1) is 5.81. The third-order valence-corrected chi connectivity index (χ3v) is 1.82. The van der Waals surface area contributed by atoms with Gasteiger partial charge in [-0.15, -0.1) is 0 Å². The van der Waals surface area contributed by atoms with Crippen molar-refractivity contribution in [3.05, 3.63) is 12.2 Å². The summed E-state index contributed by atoms with van der Waals surface area (Å²) in [6.07, 6.45) is 10.2. The van der Waals surface area contributed by atoms with Gasteiger partial charge in [0, 0.05) is 6.04 Å². The summed E-state index contributed by atoms with van der Waals surface area (Å²) in [6.45, 7) is 2.25. The Balaban J connectivity index is 3.12. The van der Waals surface area contributed by atoms with E-state index in [0.29, 0.717) is 0 Å². The maximum atomic E-state index is 8.60. The first kappa shape index (κ1) is 11.7. The standard InChI is InChI=1S/C10H21NO/c1-2-3-4-5-6-7-8-10(11)9-12/h7-8,10,12H,2-6,9,11H2,1H3/b8-7+. The Morgan fingerprint density at radius 2 is 2.08 bits per heavy atom. The normalized spacial score (nSPS) is 13.9. The summed E-state index contributed by atoms with van der Waals surface area (Å²) < 4.78 is 0. The Kier molecular flexibility index (Phi) is 8.51. The number of unbranched alkanes of at least 4 members (excludes halogenated alkanes) is 4. The van der Waals surface area contributed by atoms with Crippen molar-refractivity contribution in [2.24, 2.45) is 5.73 Å². The van der Waals surface area contributed by atoms with Crippen molar-refractivity contribution >= 4 is 0 Å². The molecule has 0 amide bonds. The highest BCUT2D eigenvalue weighted by atomic mass is 16.3. The smallest absolute Gasteiger partial charge is 0.0618 e. The third-order valence-electron chi connectivity index (χ3n) is 1.82. The van der Waals surface area contributed by atoms with Gasteiger partial charge in [0.1, 0.15) is 0 Å². The summed E-state index contributed by atoms with van der Waals surface area (Å²) in [5.41, 5.74) is 5.48. The van der Waals surface area contributed by atoms with Crippen molar-refractivity contribution in [3.63, 3.8) is 0 Å². The molecule has 0 saturated carbocycles. The molecule has 0 aliphatic rings. The second-order valence-corrected chi connectivity index (χ2v) is 3.12. The van der Waals surface area contributed by atoms with Gasteiger partial charge in [0.2, 0.25) is 0 Å². The third kappa shape index (κ3) is 7.76. The van der Waals surface area contributed by atoms with Crippen LogP contribution in [-0.4, -0.2) is 17.8 Å². The quantitative estimate of drug-likeness (QED) is 0.453. The molecule has 0 heterocycles. The molecule has 0 bridgehead atoms. The lowest BCUT2D eigenvalue weighted by molar-refractivity contribution is 0.284. The van der Waals surface area contributed by atoms with Gasteiger partial charge in [-0.05, 0) is 12.8 Å². The minimum Gasteiger partial charge on any atom is -0.394 e. The van der Waals surface area contributed by atoms with Crippen LogP contribution in [0.15, 0.2) is 12.2 Å². The SMILES string of the molecule is CCCCCC/C=C/C(N)CO. The summed E-state index contributed by atoms with van der Waals surface area (Å²) in [5, 5.41) is 8.60. The Morgan fingerprint density at radius 1 is 1.33 bits per heavy atom. The van der Waals surface area contributed by atoms with Crippen LogP contribution in [0.25, 0.3) is 0 Å². The van der Waals surface area contributed by atoms with Gasteiger partial charge in [0.15, 0.2) is 0 Å². The fourth-order valence-corrected chi connectivity index (χ4v) is 1.02. The number of hydrogen-bond acceptors (Lipinski definition) is 2. The molecule has 0 aliphatic heterocycles. The topological polar surface area (TPSA) is 46.2 Å². The van der Waals surface area contributed by atoms with Gasteiger partial charge in [-0.3, -0.25) is 0 Å². The Hall–Kier alpha value is -0.340. The highest BCUT2D eigenvalue weighted by Crippen LogP contribution is 2.02. The molecular formula is C10H21NO. The van der Waals surface area contributed by atoms with Crippen molar-refractivity contribution in [1.82, 2.24) is 0 Å². The van der Waals surface area contributed by atoms with E-state index in [9.17, 15) is 0 Å². The van der Waals surface area contributed by atoms with E-state index < -0.39 is 0 Å². The second kappa shape index (κ2) is 8.75. The summed E-state index contributed by atoms with van der Waals surface area (Å²) in [5.74, 6) is 0. The molecule has 0 aromatic rings. The summed E-state index contributed by atoms with van der Waals surface area (Å²) >= 11 is 0. The van der Waals surface area contributed by atoms with Crippen LogP contribution in [-0.2, 0) is 0 Å². The van der Waals surface area contributed by atoms with Gasteiger partial charge >= 0.3 is 0 Å². The zero-order chi connectivity index (χ0) is 9.23. The van der Waals surface area contributed by atoms with E-state index in [1.807, 2.05) is 6.08 Å². The number of aliphatic hydroxyl groups excluding tert-OH is 1. The maximum absolute atomic E-state index is 8.60. The van der Waals surface area contributed by atoms with Crippen molar-refractivity contribution in [2.45, 2.75) is 45.1 Å². The molecule has 3 N–H and O–H groups in total. The lowest BCUT2D eigenvalue weighted by Crippen LogP contribution is -2.20. The van der Waals surface area contributed by atoms with Gasteiger partial charge in [-0.2, -0.15) is 0 Å². The Bertz CT molecular complexity index is 112. The van der Waals surface area contributed by atoms with E-state index in [0.717, 1.165) is 6.42 Å². The number of aliphatic hydroxyl groups is 1. The first-order valence-electron chi connectivity index (χ1n) is 4.84. The van der Waals surface area contributed by atoms with Crippen LogP contribution in [0.3, 0.4) is 0 Å². The molecule has 1 atom stereocenters. The predicted octanol–water partition coefficient (Wildman–Crippen LogP) is 1.83. The molecule has 0 spiro atoms. The largest absolute Gasteiger partial charge is 0.394 e. The highest BCUT2D eigenvalue weighted by Gasteiger charge is 1.90. The van der Waals surface area contributed by atoms with Crippen LogP contribution in [0.5, 0.6) is 0 Å². The van der Waals surface area contributed by atoms with Crippen molar-refractivity contribution in [1.29, 1.82) is 0 Å². The van der Waals surface area contributed by atoms with Crippen molar-refractivity contribution in [2.75, 3.05) is 6.61 Å². The van der Waals surface area contributed by atoms with E-state index in [-0.39, 0.29) is 12.6 Å². The number of allylic oxidation sites excluding steroid dienone is 1.